The normalized spacial score (nSPS) is 11.2. The van der Waals surface area contributed by atoms with E-state index in [-0.39, 0.29) is 15.6 Å². The predicted octanol–water partition coefficient (Wildman–Crippen LogP) is 2.86. The van der Waals surface area contributed by atoms with Gasteiger partial charge in [-0.1, -0.05) is 11.6 Å². The van der Waals surface area contributed by atoms with Crippen LogP contribution in [-0.2, 0) is 10.0 Å². The molecule has 1 aromatic carbocycles. The minimum atomic E-state index is -4.05. The Labute approximate surface area is 125 Å². The summed E-state index contributed by atoms with van der Waals surface area (Å²) in [6, 6.07) is 3.53. The minimum Gasteiger partial charge on any atom is -0.372 e. The highest BCUT2D eigenvalue weighted by Gasteiger charge is 2.17. The molecule has 2 rings (SSSR count). The van der Waals surface area contributed by atoms with Crippen LogP contribution in [-0.4, -0.2) is 20.4 Å². The van der Waals surface area contributed by atoms with Crippen LogP contribution in [0.25, 0.3) is 0 Å². The molecule has 0 unspecified atom stereocenters. The van der Waals surface area contributed by atoms with Crippen LogP contribution < -0.4 is 10.0 Å². The molecular formula is C12H10ClF2N3O2S. The Morgan fingerprint density at radius 2 is 1.76 bits per heavy atom. The lowest BCUT2D eigenvalue weighted by Gasteiger charge is -2.09. The number of hydrogen-bond acceptors (Lipinski definition) is 4. The van der Waals surface area contributed by atoms with Crippen molar-refractivity contribution in [2.24, 2.45) is 0 Å². The third-order valence-electron chi connectivity index (χ3n) is 2.48. The molecule has 0 amide bonds. The maximum absolute atomic E-state index is 13.1. The minimum absolute atomic E-state index is 0.103. The van der Waals surface area contributed by atoms with Crippen molar-refractivity contribution in [1.82, 2.24) is 4.98 Å². The van der Waals surface area contributed by atoms with E-state index in [1.54, 1.807) is 7.05 Å². The van der Waals surface area contributed by atoms with E-state index in [1.165, 1.54) is 6.07 Å². The number of halogens is 3. The first-order valence-corrected chi connectivity index (χ1v) is 7.50. The number of sulfonamides is 1. The summed E-state index contributed by atoms with van der Waals surface area (Å²) in [7, 11) is -2.47. The maximum Gasteiger partial charge on any atom is 0.263 e. The fraction of sp³-hybridized carbons (Fsp3) is 0.0833. The summed E-state index contributed by atoms with van der Waals surface area (Å²) in [4.78, 5) is 3.60. The molecule has 0 saturated carbocycles. The molecule has 0 bridgehead atoms. The monoisotopic (exact) mass is 333 g/mol. The van der Waals surface area contributed by atoms with Crippen molar-refractivity contribution >= 4 is 33.1 Å². The Morgan fingerprint density at radius 3 is 2.29 bits per heavy atom. The summed E-state index contributed by atoms with van der Waals surface area (Å²) < 4.78 is 52.4. The van der Waals surface area contributed by atoms with Gasteiger partial charge in [0.1, 0.15) is 22.3 Å². The van der Waals surface area contributed by atoms with E-state index in [0.717, 1.165) is 18.3 Å². The third kappa shape index (κ3) is 3.59. The molecule has 0 saturated heterocycles. The molecule has 0 aliphatic rings. The van der Waals surface area contributed by atoms with Crippen LogP contribution in [0.4, 0.5) is 20.3 Å². The van der Waals surface area contributed by atoms with E-state index in [9.17, 15) is 17.2 Å². The maximum atomic E-state index is 13.1. The zero-order valence-electron chi connectivity index (χ0n) is 10.7. The fourth-order valence-corrected chi connectivity index (χ4v) is 2.91. The number of pyridine rings is 1. The van der Waals surface area contributed by atoms with Gasteiger partial charge in [-0.2, -0.15) is 0 Å². The lowest BCUT2D eigenvalue weighted by Crippen LogP contribution is -2.14. The number of rotatable bonds is 4. The van der Waals surface area contributed by atoms with Crippen LogP contribution in [0.15, 0.2) is 35.4 Å². The van der Waals surface area contributed by atoms with Gasteiger partial charge in [0.25, 0.3) is 10.0 Å². The van der Waals surface area contributed by atoms with Crippen molar-refractivity contribution in [3.8, 4) is 0 Å². The Bertz CT molecular complexity index is 764. The first-order valence-electron chi connectivity index (χ1n) is 5.64. The highest BCUT2D eigenvalue weighted by Crippen LogP contribution is 2.24. The van der Waals surface area contributed by atoms with Gasteiger partial charge in [0.2, 0.25) is 0 Å². The van der Waals surface area contributed by atoms with Gasteiger partial charge in [0.05, 0.1) is 10.7 Å². The molecule has 0 aliphatic carbocycles. The second kappa shape index (κ2) is 5.82. The summed E-state index contributed by atoms with van der Waals surface area (Å²) in [5.41, 5.74) is -0.235. The number of benzene rings is 1. The van der Waals surface area contributed by atoms with Gasteiger partial charge in [-0.05, 0) is 18.2 Å². The fourth-order valence-electron chi connectivity index (χ4n) is 1.58. The molecule has 1 aromatic heterocycles. The van der Waals surface area contributed by atoms with Crippen LogP contribution in [0.2, 0.25) is 5.02 Å². The van der Waals surface area contributed by atoms with E-state index >= 15 is 0 Å². The van der Waals surface area contributed by atoms with Crippen molar-refractivity contribution < 1.29 is 17.2 Å². The van der Waals surface area contributed by atoms with Gasteiger partial charge in [-0.3, -0.25) is 4.72 Å². The Hall–Kier alpha value is -1.93. The van der Waals surface area contributed by atoms with E-state index in [1.807, 2.05) is 0 Å². The van der Waals surface area contributed by atoms with Gasteiger partial charge >= 0.3 is 0 Å². The summed E-state index contributed by atoms with van der Waals surface area (Å²) in [5, 5.41) is 2.78. The van der Waals surface area contributed by atoms with E-state index < -0.39 is 21.7 Å². The van der Waals surface area contributed by atoms with Crippen molar-refractivity contribution in [2.45, 2.75) is 4.90 Å². The van der Waals surface area contributed by atoms with Gasteiger partial charge in [0, 0.05) is 19.3 Å². The van der Waals surface area contributed by atoms with Crippen LogP contribution >= 0.6 is 11.6 Å². The third-order valence-corrected chi connectivity index (χ3v) is 4.11. The van der Waals surface area contributed by atoms with E-state index in [0.29, 0.717) is 11.9 Å². The first kappa shape index (κ1) is 15.5. The molecule has 21 heavy (non-hydrogen) atoms. The molecule has 0 aliphatic heterocycles. The average Bonchev–Trinajstić information content (AvgIpc) is 2.36. The van der Waals surface area contributed by atoms with Crippen molar-refractivity contribution in [3.63, 3.8) is 0 Å². The average molecular weight is 334 g/mol. The molecule has 1 heterocycles. The number of aromatic nitrogens is 1. The van der Waals surface area contributed by atoms with Gasteiger partial charge < -0.3 is 5.32 Å². The SMILES string of the molecule is CNc1ncc(S(=O)(=O)Nc2cc(F)cc(F)c2)cc1Cl. The highest BCUT2D eigenvalue weighted by atomic mass is 35.5. The summed E-state index contributed by atoms with van der Waals surface area (Å²) in [5.74, 6) is -1.48. The van der Waals surface area contributed by atoms with Gasteiger partial charge in [0.15, 0.2) is 0 Å². The Balaban J connectivity index is 2.36. The molecule has 0 atom stereocenters. The summed E-state index contributed by atoms with van der Waals surface area (Å²) in [6.07, 6.45) is 1.08. The van der Waals surface area contributed by atoms with Crippen LogP contribution in [0.5, 0.6) is 0 Å². The van der Waals surface area contributed by atoms with Crippen molar-refractivity contribution in [2.75, 3.05) is 17.1 Å². The quantitative estimate of drug-likeness (QED) is 0.902. The largest absolute Gasteiger partial charge is 0.372 e. The number of hydrogen-bond donors (Lipinski definition) is 2. The highest BCUT2D eigenvalue weighted by molar-refractivity contribution is 7.92. The molecule has 2 aromatic rings. The number of nitrogens with one attached hydrogen (secondary N) is 2. The van der Waals surface area contributed by atoms with Crippen molar-refractivity contribution in [1.29, 1.82) is 0 Å². The summed E-state index contributed by atoms with van der Waals surface area (Å²) >= 11 is 5.85. The number of anilines is 2. The van der Waals surface area contributed by atoms with Crippen LogP contribution in [0, 0.1) is 11.6 Å². The Kier molecular flexibility index (Phi) is 4.29. The molecule has 0 fully saturated rings. The van der Waals surface area contributed by atoms with Crippen LogP contribution in [0.1, 0.15) is 0 Å². The Morgan fingerprint density at radius 1 is 1.14 bits per heavy atom. The van der Waals surface area contributed by atoms with Crippen molar-refractivity contribution in [3.05, 3.63) is 47.1 Å². The molecule has 2 N–H and O–H groups in total. The lowest BCUT2D eigenvalue weighted by molar-refractivity contribution is 0.584. The van der Waals surface area contributed by atoms with E-state index in [2.05, 4.69) is 15.0 Å². The van der Waals surface area contributed by atoms with Crippen LogP contribution in [0.3, 0.4) is 0 Å². The smallest absolute Gasteiger partial charge is 0.263 e. The zero-order valence-corrected chi connectivity index (χ0v) is 12.3. The molecule has 0 spiro atoms. The summed E-state index contributed by atoms with van der Waals surface area (Å²) in [6.45, 7) is 0. The second-order valence-corrected chi connectivity index (χ2v) is 6.10. The lowest BCUT2D eigenvalue weighted by atomic mass is 10.3. The molecule has 0 radical (unpaired) electrons. The molecule has 5 nitrogen and oxygen atoms in total. The van der Waals surface area contributed by atoms with Gasteiger partial charge in [-0.15, -0.1) is 0 Å². The van der Waals surface area contributed by atoms with Gasteiger partial charge in [-0.25, -0.2) is 22.2 Å². The predicted molar refractivity (Wildman–Crippen MR) is 76.0 cm³/mol. The molecule has 112 valence electrons. The number of nitrogens with zero attached hydrogens (tertiary/aromatic N) is 1. The topological polar surface area (TPSA) is 71.1 Å². The van der Waals surface area contributed by atoms with E-state index in [4.69, 9.17) is 11.6 Å². The second-order valence-electron chi connectivity index (χ2n) is 4.02. The zero-order chi connectivity index (χ0) is 15.6. The standard InChI is InChI=1S/C12H10ClF2N3O2S/c1-16-12-11(13)5-10(6-17-12)21(19,20)18-9-3-7(14)2-8(15)4-9/h2-6,18H,1H3,(H,16,17). The molecule has 9 heteroatoms. The molecular weight excluding hydrogens is 324 g/mol. The first-order chi connectivity index (χ1) is 9.81.